The van der Waals surface area contributed by atoms with Crippen molar-refractivity contribution in [2.24, 2.45) is 11.3 Å². The van der Waals surface area contributed by atoms with Crippen LogP contribution in [0, 0.1) is 5.41 Å². The quantitative estimate of drug-likeness (QED) is 0.552. The number of rotatable bonds is 4. The van der Waals surface area contributed by atoms with Crippen molar-refractivity contribution in [2.75, 3.05) is 5.43 Å². The minimum atomic E-state index is -3.58. The minimum Gasteiger partial charge on any atom is -0.292 e. The molecule has 8 heteroatoms. The highest BCUT2D eigenvalue weighted by Gasteiger charge is 2.37. The zero-order chi connectivity index (χ0) is 14.1. The van der Waals surface area contributed by atoms with E-state index in [2.05, 4.69) is 34.0 Å². The molecule has 1 aliphatic rings. The highest BCUT2D eigenvalue weighted by Crippen LogP contribution is 2.37. The van der Waals surface area contributed by atoms with Crippen LogP contribution in [0.4, 0.5) is 5.95 Å². The van der Waals surface area contributed by atoms with Crippen molar-refractivity contribution >= 4 is 16.0 Å². The lowest BCUT2D eigenvalue weighted by molar-refractivity contribution is 0.313. The SMILES string of the molecule is CC1(C)CCCC1NS(=O)(=O)c1cnc(NN)nc1. The first-order valence-corrected chi connectivity index (χ1v) is 7.64. The molecule has 0 bridgehead atoms. The van der Waals surface area contributed by atoms with Crippen LogP contribution in [0.15, 0.2) is 17.3 Å². The number of nitrogens with two attached hydrogens (primary N) is 1. The third-order valence-electron chi connectivity index (χ3n) is 3.62. The Morgan fingerprint density at radius 2 is 2.00 bits per heavy atom. The minimum absolute atomic E-state index is 0.0211. The lowest BCUT2D eigenvalue weighted by Crippen LogP contribution is -2.41. The van der Waals surface area contributed by atoms with Gasteiger partial charge in [0.25, 0.3) is 0 Å². The van der Waals surface area contributed by atoms with E-state index in [0.29, 0.717) is 0 Å². The zero-order valence-corrected chi connectivity index (χ0v) is 11.9. The fourth-order valence-electron chi connectivity index (χ4n) is 2.33. The van der Waals surface area contributed by atoms with E-state index >= 15 is 0 Å². The van der Waals surface area contributed by atoms with Gasteiger partial charge in [-0.3, -0.25) is 5.43 Å². The molecule has 0 aromatic carbocycles. The van der Waals surface area contributed by atoms with Crippen LogP contribution in [-0.2, 0) is 10.0 Å². The molecular formula is C11H19N5O2S. The van der Waals surface area contributed by atoms with E-state index in [1.165, 1.54) is 12.4 Å². The number of aromatic nitrogens is 2. The number of hydrogen-bond donors (Lipinski definition) is 3. The Morgan fingerprint density at radius 1 is 1.37 bits per heavy atom. The van der Waals surface area contributed by atoms with Gasteiger partial charge in [-0.05, 0) is 18.3 Å². The van der Waals surface area contributed by atoms with Crippen LogP contribution >= 0.6 is 0 Å². The molecule has 1 fully saturated rings. The molecule has 1 aromatic rings. The number of anilines is 1. The van der Waals surface area contributed by atoms with Gasteiger partial charge in [0.1, 0.15) is 4.90 Å². The Morgan fingerprint density at radius 3 is 2.47 bits per heavy atom. The van der Waals surface area contributed by atoms with Gasteiger partial charge in [0.15, 0.2) is 0 Å². The van der Waals surface area contributed by atoms with Crippen LogP contribution in [0.1, 0.15) is 33.1 Å². The molecule has 1 heterocycles. The first-order valence-electron chi connectivity index (χ1n) is 6.16. The van der Waals surface area contributed by atoms with E-state index in [4.69, 9.17) is 5.84 Å². The summed E-state index contributed by atoms with van der Waals surface area (Å²) >= 11 is 0. The number of nitrogens with zero attached hydrogens (tertiary/aromatic N) is 2. The Labute approximate surface area is 113 Å². The summed E-state index contributed by atoms with van der Waals surface area (Å²) in [4.78, 5) is 7.67. The van der Waals surface area contributed by atoms with Crippen LogP contribution in [0.3, 0.4) is 0 Å². The largest absolute Gasteiger partial charge is 0.292 e. The summed E-state index contributed by atoms with van der Waals surface area (Å²) in [6, 6.07) is -0.0511. The van der Waals surface area contributed by atoms with Crippen molar-refractivity contribution in [1.29, 1.82) is 0 Å². The molecule has 19 heavy (non-hydrogen) atoms. The molecule has 106 valence electrons. The summed E-state index contributed by atoms with van der Waals surface area (Å²) in [7, 11) is -3.58. The Kier molecular flexibility index (Phi) is 3.75. The molecule has 4 N–H and O–H groups in total. The number of nitrogen functional groups attached to an aromatic ring is 1. The monoisotopic (exact) mass is 285 g/mol. The van der Waals surface area contributed by atoms with Crippen molar-refractivity contribution in [3.63, 3.8) is 0 Å². The molecule has 1 aliphatic carbocycles. The van der Waals surface area contributed by atoms with Gasteiger partial charge < -0.3 is 0 Å². The summed E-state index contributed by atoms with van der Waals surface area (Å²) in [5.74, 6) is 5.32. The molecule has 0 radical (unpaired) electrons. The van der Waals surface area contributed by atoms with E-state index in [9.17, 15) is 8.42 Å². The average molecular weight is 285 g/mol. The van der Waals surface area contributed by atoms with Crippen molar-refractivity contribution in [3.05, 3.63) is 12.4 Å². The summed E-state index contributed by atoms with van der Waals surface area (Å²) in [5, 5.41) is 0. The number of hydrogen-bond acceptors (Lipinski definition) is 6. The van der Waals surface area contributed by atoms with Crippen molar-refractivity contribution in [1.82, 2.24) is 14.7 Å². The van der Waals surface area contributed by atoms with Crippen molar-refractivity contribution < 1.29 is 8.42 Å². The molecular weight excluding hydrogens is 266 g/mol. The molecule has 0 amide bonds. The summed E-state index contributed by atoms with van der Waals surface area (Å²) in [6.07, 6.45) is 5.40. The molecule has 1 aromatic heterocycles. The second kappa shape index (κ2) is 5.03. The third kappa shape index (κ3) is 3.02. The maximum atomic E-state index is 12.2. The van der Waals surface area contributed by atoms with Crippen LogP contribution in [0.25, 0.3) is 0 Å². The van der Waals surface area contributed by atoms with E-state index in [1.807, 2.05) is 0 Å². The standard InChI is InChI=1S/C11H19N5O2S/c1-11(2)5-3-4-9(11)16-19(17,18)8-6-13-10(15-12)14-7-8/h6-7,9,16H,3-5,12H2,1-2H3,(H,13,14,15). The van der Waals surface area contributed by atoms with Crippen LogP contribution in [0.2, 0.25) is 0 Å². The summed E-state index contributed by atoms with van der Waals surface area (Å²) < 4.78 is 27.2. The molecule has 7 nitrogen and oxygen atoms in total. The second-order valence-electron chi connectivity index (χ2n) is 5.44. The topological polar surface area (TPSA) is 110 Å². The highest BCUT2D eigenvalue weighted by atomic mass is 32.2. The molecule has 1 saturated carbocycles. The lowest BCUT2D eigenvalue weighted by Gasteiger charge is -2.27. The predicted molar refractivity (Wildman–Crippen MR) is 71.6 cm³/mol. The van der Waals surface area contributed by atoms with Gasteiger partial charge in [0.2, 0.25) is 16.0 Å². The van der Waals surface area contributed by atoms with Gasteiger partial charge in [0, 0.05) is 6.04 Å². The third-order valence-corrected chi connectivity index (χ3v) is 5.05. The summed E-state index contributed by atoms with van der Waals surface area (Å²) in [6.45, 7) is 4.15. The van der Waals surface area contributed by atoms with Crippen molar-refractivity contribution in [2.45, 2.75) is 44.0 Å². The molecule has 1 atom stereocenters. The smallest absolute Gasteiger partial charge is 0.243 e. The van der Waals surface area contributed by atoms with Gasteiger partial charge in [0.05, 0.1) is 12.4 Å². The Balaban J connectivity index is 2.18. The first kappa shape index (κ1) is 14.2. The van der Waals surface area contributed by atoms with E-state index < -0.39 is 10.0 Å². The van der Waals surface area contributed by atoms with Gasteiger partial charge >= 0.3 is 0 Å². The maximum Gasteiger partial charge on any atom is 0.243 e. The van der Waals surface area contributed by atoms with Gasteiger partial charge in [-0.25, -0.2) is 29.0 Å². The first-order chi connectivity index (χ1) is 8.85. The van der Waals surface area contributed by atoms with E-state index in [1.54, 1.807) is 0 Å². The van der Waals surface area contributed by atoms with Gasteiger partial charge in [-0.2, -0.15) is 0 Å². The Hall–Kier alpha value is -1.25. The molecule has 2 rings (SSSR count). The second-order valence-corrected chi connectivity index (χ2v) is 7.16. The van der Waals surface area contributed by atoms with Crippen LogP contribution in [-0.4, -0.2) is 24.4 Å². The zero-order valence-electron chi connectivity index (χ0n) is 11.0. The average Bonchev–Trinajstić information content (AvgIpc) is 2.68. The molecule has 1 unspecified atom stereocenters. The fraction of sp³-hybridized carbons (Fsp3) is 0.636. The maximum absolute atomic E-state index is 12.2. The van der Waals surface area contributed by atoms with Gasteiger partial charge in [-0.15, -0.1) is 0 Å². The van der Waals surface area contributed by atoms with Crippen molar-refractivity contribution in [3.8, 4) is 0 Å². The molecule has 0 spiro atoms. The Bertz CT molecular complexity index is 541. The number of hydrazine groups is 1. The fourth-order valence-corrected chi connectivity index (χ4v) is 3.66. The summed E-state index contributed by atoms with van der Waals surface area (Å²) in [5.41, 5.74) is 2.23. The normalized spacial score (nSPS) is 22.4. The van der Waals surface area contributed by atoms with Gasteiger partial charge in [-0.1, -0.05) is 20.3 Å². The lowest BCUT2D eigenvalue weighted by atomic mass is 9.88. The number of sulfonamides is 1. The molecule has 0 saturated heterocycles. The van der Waals surface area contributed by atoms with Crippen LogP contribution in [0.5, 0.6) is 0 Å². The predicted octanol–water partition coefficient (Wildman–Crippen LogP) is 0.619. The van der Waals surface area contributed by atoms with Crippen LogP contribution < -0.4 is 16.0 Å². The molecule has 0 aliphatic heterocycles. The van der Waals surface area contributed by atoms with E-state index in [-0.39, 0.29) is 22.3 Å². The van der Waals surface area contributed by atoms with E-state index in [0.717, 1.165) is 19.3 Å². The highest BCUT2D eigenvalue weighted by molar-refractivity contribution is 7.89. The number of nitrogens with one attached hydrogen (secondary N) is 2.